The lowest BCUT2D eigenvalue weighted by molar-refractivity contribution is -0.140. The molecule has 1 aliphatic rings. The lowest BCUT2D eigenvalue weighted by atomic mass is 9.99. The lowest BCUT2D eigenvalue weighted by Crippen LogP contribution is -2.29. The second-order valence-corrected chi connectivity index (χ2v) is 8.02. The Morgan fingerprint density at radius 2 is 1.82 bits per heavy atom. The zero-order valence-electron chi connectivity index (χ0n) is 17.2. The molecule has 1 aromatic heterocycles. The number of aliphatic hydroxyl groups excluding tert-OH is 1. The Labute approximate surface area is 191 Å². The van der Waals surface area contributed by atoms with Crippen LogP contribution in [0.2, 0.25) is 5.02 Å². The Balaban J connectivity index is 1.83. The zero-order chi connectivity index (χ0) is 23.9. The third-order valence-electron chi connectivity index (χ3n) is 5.28. The molecule has 33 heavy (non-hydrogen) atoms. The molecule has 5 nitrogen and oxygen atoms in total. The fourth-order valence-electron chi connectivity index (χ4n) is 3.77. The van der Waals surface area contributed by atoms with E-state index in [-0.39, 0.29) is 29.0 Å². The second kappa shape index (κ2) is 8.44. The third kappa shape index (κ3) is 4.39. The summed E-state index contributed by atoms with van der Waals surface area (Å²) < 4.78 is 45.1. The largest absolute Gasteiger partial charge is 0.507 e. The molecular weight excluding hydrogens is 459 g/mol. The number of nitrogens with zero attached hydrogens (tertiary/aromatic N) is 1. The smallest absolute Gasteiger partial charge is 0.416 e. The van der Waals surface area contributed by atoms with Crippen LogP contribution in [0, 0.1) is 6.92 Å². The van der Waals surface area contributed by atoms with Crippen molar-refractivity contribution in [3.05, 3.63) is 99.5 Å². The van der Waals surface area contributed by atoms with Crippen molar-refractivity contribution in [2.45, 2.75) is 25.7 Å². The standard InChI is InChI=1S/C24H17ClF3NO4/c1-13-8-9-18(33-13)20-19(21(30)15-5-3-7-17(25)11-15)22(31)23(32)29(20)12-14-4-2-6-16(10-14)24(26,27)28/h2-11,20,30H,12H2,1H3/b21-19-. The first-order chi connectivity index (χ1) is 15.6. The van der Waals surface area contributed by atoms with Crippen LogP contribution in [0.5, 0.6) is 0 Å². The number of alkyl halides is 3. The molecule has 1 atom stereocenters. The number of likely N-dealkylation sites (tertiary alicyclic amines) is 1. The predicted molar refractivity (Wildman–Crippen MR) is 114 cm³/mol. The number of carbonyl (C=O) groups excluding carboxylic acids is 2. The molecule has 0 aliphatic carbocycles. The van der Waals surface area contributed by atoms with Gasteiger partial charge in [0.2, 0.25) is 0 Å². The molecule has 1 fully saturated rings. The molecule has 1 amide bonds. The number of halogens is 4. The Bertz CT molecular complexity index is 1280. The Morgan fingerprint density at radius 1 is 1.09 bits per heavy atom. The number of carbonyl (C=O) groups is 2. The van der Waals surface area contributed by atoms with E-state index in [0.29, 0.717) is 10.8 Å². The van der Waals surface area contributed by atoms with Crippen LogP contribution < -0.4 is 0 Å². The summed E-state index contributed by atoms with van der Waals surface area (Å²) >= 11 is 6.00. The zero-order valence-corrected chi connectivity index (χ0v) is 17.9. The van der Waals surface area contributed by atoms with Gasteiger partial charge in [0, 0.05) is 17.1 Å². The van der Waals surface area contributed by atoms with Crippen molar-refractivity contribution in [1.29, 1.82) is 0 Å². The molecule has 2 aromatic carbocycles. The molecule has 0 saturated carbocycles. The van der Waals surface area contributed by atoms with Crippen LogP contribution in [0.3, 0.4) is 0 Å². The van der Waals surface area contributed by atoms with Crippen molar-refractivity contribution in [1.82, 2.24) is 4.90 Å². The van der Waals surface area contributed by atoms with Crippen LogP contribution in [-0.4, -0.2) is 21.7 Å². The van der Waals surface area contributed by atoms with E-state index in [2.05, 4.69) is 0 Å². The Kier molecular flexibility index (Phi) is 5.80. The summed E-state index contributed by atoms with van der Waals surface area (Å²) in [6.45, 7) is 1.37. The van der Waals surface area contributed by atoms with Crippen LogP contribution in [0.1, 0.15) is 34.3 Å². The molecule has 170 valence electrons. The summed E-state index contributed by atoms with van der Waals surface area (Å²) in [4.78, 5) is 27.0. The number of aliphatic hydroxyl groups is 1. The summed E-state index contributed by atoms with van der Waals surface area (Å²) in [6, 6.07) is 12.6. The van der Waals surface area contributed by atoms with Gasteiger partial charge in [-0.15, -0.1) is 0 Å². The van der Waals surface area contributed by atoms with Crippen LogP contribution in [0.15, 0.2) is 70.7 Å². The summed E-state index contributed by atoms with van der Waals surface area (Å²) in [5.41, 5.74) is -0.722. The highest BCUT2D eigenvalue weighted by molar-refractivity contribution is 6.46. The summed E-state index contributed by atoms with van der Waals surface area (Å²) in [7, 11) is 0. The highest BCUT2D eigenvalue weighted by Crippen LogP contribution is 2.41. The van der Waals surface area contributed by atoms with Gasteiger partial charge in [-0.3, -0.25) is 9.59 Å². The molecular formula is C24H17ClF3NO4. The van der Waals surface area contributed by atoms with Gasteiger partial charge in [-0.25, -0.2) is 0 Å². The highest BCUT2D eigenvalue weighted by Gasteiger charge is 2.47. The van der Waals surface area contributed by atoms with Crippen molar-refractivity contribution in [2.75, 3.05) is 0 Å². The van der Waals surface area contributed by atoms with Gasteiger partial charge in [0.1, 0.15) is 23.3 Å². The van der Waals surface area contributed by atoms with Crippen molar-refractivity contribution < 1.29 is 32.3 Å². The maximum atomic E-state index is 13.2. The minimum absolute atomic E-state index is 0.169. The number of amides is 1. The summed E-state index contributed by atoms with van der Waals surface area (Å²) in [5.74, 6) is -1.70. The molecule has 0 bridgehead atoms. The van der Waals surface area contributed by atoms with Gasteiger partial charge < -0.3 is 14.4 Å². The molecule has 1 saturated heterocycles. The number of benzene rings is 2. The molecule has 0 spiro atoms. The van der Waals surface area contributed by atoms with E-state index in [4.69, 9.17) is 16.0 Å². The number of rotatable bonds is 4. The molecule has 0 radical (unpaired) electrons. The number of hydrogen-bond acceptors (Lipinski definition) is 4. The van der Waals surface area contributed by atoms with E-state index in [0.717, 1.165) is 17.0 Å². The normalized spacial score (nSPS) is 18.2. The SMILES string of the molecule is Cc1ccc(C2/C(=C(/O)c3cccc(Cl)c3)C(=O)C(=O)N2Cc2cccc(C(F)(F)F)c2)o1. The predicted octanol–water partition coefficient (Wildman–Crippen LogP) is 5.88. The third-order valence-corrected chi connectivity index (χ3v) is 5.51. The average Bonchev–Trinajstić information content (AvgIpc) is 3.29. The van der Waals surface area contributed by atoms with Crippen LogP contribution in [0.25, 0.3) is 5.76 Å². The first-order valence-electron chi connectivity index (χ1n) is 9.83. The minimum atomic E-state index is -4.56. The lowest BCUT2D eigenvalue weighted by Gasteiger charge is -2.23. The second-order valence-electron chi connectivity index (χ2n) is 7.58. The van der Waals surface area contributed by atoms with Gasteiger partial charge in [0.15, 0.2) is 0 Å². The molecule has 3 aromatic rings. The Hall–Kier alpha value is -3.52. The van der Waals surface area contributed by atoms with Crippen molar-refractivity contribution in [2.24, 2.45) is 0 Å². The first kappa shape index (κ1) is 22.7. The van der Waals surface area contributed by atoms with Gasteiger partial charge >= 0.3 is 6.18 Å². The molecule has 9 heteroatoms. The van der Waals surface area contributed by atoms with E-state index in [1.165, 1.54) is 24.3 Å². The van der Waals surface area contributed by atoms with E-state index >= 15 is 0 Å². The fourth-order valence-corrected chi connectivity index (χ4v) is 3.96. The number of aryl methyl sites for hydroxylation is 1. The average molecular weight is 476 g/mol. The Morgan fingerprint density at radius 3 is 2.45 bits per heavy atom. The van der Waals surface area contributed by atoms with E-state index in [9.17, 15) is 27.9 Å². The van der Waals surface area contributed by atoms with Crippen LogP contribution in [0.4, 0.5) is 13.2 Å². The highest BCUT2D eigenvalue weighted by atomic mass is 35.5. The molecule has 4 rings (SSSR count). The van der Waals surface area contributed by atoms with Crippen LogP contribution in [-0.2, 0) is 22.3 Å². The first-order valence-corrected chi connectivity index (χ1v) is 10.2. The van der Waals surface area contributed by atoms with E-state index in [1.807, 2.05) is 0 Å². The summed E-state index contributed by atoms with van der Waals surface area (Å²) in [6.07, 6.45) is -4.56. The van der Waals surface area contributed by atoms with Gasteiger partial charge in [0.05, 0.1) is 11.1 Å². The van der Waals surface area contributed by atoms with Gasteiger partial charge in [0.25, 0.3) is 11.7 Å². The van der Waals surface area contributed by atoms with Crippen molar-refractivity contribution in [3.8, 4) is 0 Å². The maximum Gasteiger partial charge on any atom is 0.416 e. The number of Topliss-reactive ketones (excluding diaryl/α,β-unsaturated/α-hetero) is 1. The van der Waals surface area contributed by atoms with Crippen LogP contribution >= 0.6 is 11.6 Å². The van der Waals surface area contributed by atoms with E-state index in [1.54, 1.807) is 31.2 Å². The maximum absolute atomic E-state index is 13.2. The molecule has 1 aliphatic heterocycles. The fraction of sp³-hybridized carbons (Fsp3) is 0.167. The quantitative estimate of drug-likeness (QED) is 0.290. The van der Waals surface area contributed by atoms with E-state index < -0.39 is 35.2 Å². The van der Waals surface area contributed by atoms with Gasteiger partial charge in [-0.2, -0.15) is 13.2 Å². The molecule has 2 heterocycles. The number of furan rings is 1. The number of ketones is 1. The van der Waals surface area contributed by atoms with Gasteiger partial charge in [-0.05, 0) is 48.9 Å². The molecule has 1 N–H and O–H groups in total. The molecule has 1 unspecified atom stereocenters. The van der Waals surface area contributed by atoms with Crippen molar-refractivity contribution >= 4 is 29.1 Å². The topological polar surface area (TPSA) is 70.8 Å². The summed E-state index contributed by atoms with van der Waals surface area (Å²) in [5, 5.41) is 11.2. The van der Waals surface area contributed by atoms with Crippen molar-refractivity contribution in [3.63, 3.8) is 0 Å². The minimum Gasteiger partial charge on any atom is -0.507 e. The van der Waals surface area contributed by atoms with Gasteiger partial charge in [-0.1, -0.05) is 35.9 Å². The number of hydrogen-bond donors (Lipinski definition) is 1. The monoisotopic (exact) mass is 475 g/mol.